The fraction of sp³-hybridized carbons (Fsp3) is 0.357. The summed E-state index contributed by atoms with van der Waals surface area (Å²) in [6, 6.07) is 9.85. The van der Waals surface area contributed by atoms with Crippen LogP contribution in [0.5, 0.6) is 0 Å². The minimum absolute atomic E-state index is 0.00706. The number of carbonyl (C=O) groups is 1. The monoisotopic (exact) mass is 322 g/mol. The predicted octanol–water partition coefficient (Wildman–Crippen LogP) is 2.55. The third kappa shape index (κ3) is 4.71. The van der Waals surface area contributed by atoms with Crippen molar-refractivity contribution in [3.8, 4) is 0 Å². The average Bonchev–Trinajstić information content (AvgIpc) is 2.88. The number of thioether (sulfide) groups is 1. The number of benzene rings is 1. The van der Waals surface area contributed by atoms with E-state index in [1.807, 2.05) is 44.2 Å². The number of rotatable bonds is 6. The van der Waals surface area contributed by atoms with Crippen molar-refractivity contribution in [1.29, 1.82) is 0 Å². The summed E-state index contributed by atoms with van der Waals surface area (Å²) in [5.74, 6) is 0.198. The number of aromatic nitrogens is 2. The van der Waals surface area contributed by atoms with E-state index in [4.69, 9.17) is 5.73 Å². The van der Waals surface area contributed by atoms with E-state index in [1.165, 1.54) is 23.1 Å². The Morgan fingerprint density at radius 2 is 2.05 bits per heavy atom. The molecular weight excluding hydrogens is 304 g/mol. The SMILES string of the molecule is CC(C)[C@@H](Sc1nnc(N)s1)C(=O)NCc1ccccc1. The minimum Gasteiger partial charge on any atom is -0.374 e. The fourth-order valence-corrected chi connectivity index (χ4v) is 3.62. The van der Waals surface area contributed by atoms with Gasteiger partial charge >= 0.3 is 0 Å². The highest BCUT2D eigenvalue weighted by molar-refractivity contribution is 8.02. The van der Waals surface area contributed by atoms with Crippen molar-refractivity contribution >= 4 is 34.1 Å². The molecule has 0 saturated heterocycles. The zero-order chi connectivity index (χ0) is 15.2. The van der Waals surface area contributed by atoms with Gasteiger partial charge in [-0.15, -0.1) is 10.2 Å². The molecule has 5 nitrogen and oxygen atoms in total. The summed E-state index contributed by atoms with van der Waals surface area (Å²) in [5, 5.41) is 10.9. The molecule has 0 unspecified atom stereocenters. The van der Waals surface area contributed by atoms with Gasteiger partial charge in [0.05, 0.1) is 5.25 Å². The lowest BCUT2D eigenvalue weighted by Crippen LogP contribution is -2.35. The van der Waals surface area contributed by atoms with Gasteiger partial charge in [-0.1, -0.05) is 67.3 Å². The first-order valence-electron chi connectivity index (χ1n) is 6.63. The molecule has 0 aliphatic rings. The molecule has 0 saturated carbocycles. The second-order valence-electron chi connectivity index (χ2n) is 4.89. The molecule has 2 aromatic rings. The second-order valence-corrected chi connectivity index (χ2v) is 7.29. The Kier molecular flexibility index (Phi) is 5.58. The van der Waals surface area contributed by atoms with Crippen LogP contribution in [-0.4, -0.2) is 21.4 Å². The lowest BCUT2D eigenvalue weighted by atomic mass is 10.1. The summed E-state index contributed by atoms with van der Waals surface area (Å²) in [7, 11) is 0. The van der Waals surface area contributed by atoms with Crippen LogP contribution in [0, 0.1) is 5.92 Å². The Bertz CT molecular complexity index is 586. The Hall–Kier alpha value is -1.60. The first-order chi connectivity index (χ1) is 10.1. The maximum absolute atomic E-state index is 12.4. The molecule has 7 heteroatoms. The standard InChI is InChI=1S/C14H18N4OS2/c1-9(2)11(20-14-18-17-13(15)21-14)12(19)16-8-10-6-4-3-5-7-10/h3-7,9,11H,8H2,1-2H3,(H2,15,17)(H,16,19)/t11-/m1/s1. The van der Waals surface area contributed by atoms with Crippen LogP contribution >= 0.6 is 23.1 Å². The molecule has 0 fully saturated rings. The Balaban J connectivity index is 1.96. The first-order valence-corrected chi connectivity index (χ1v) is 8.33. The number of nitrogens with one attached hydrogen (secondary N) is 1. The van der Waals surface area contributed by atoms with Gasteiger partial charge in [0.1, 0.15) is 0 Å². The van der Waals surface area contributed by atoms with Crippen molar-refractivity contribution in [2.45, 2.75) is 30.0 Å². The van der Waals surface area contributed by atoms with Crippen molar-refractivity contribution in [2.75, 3.05) is 5.73 Å². The van der Waals surface area contributed by atoms with E-state index < -0.39 is 0 Å². The largest absolute Gasteiger partial charge is 0.374 e. The molecule has 0 radical (unpaired) electrons. The van der Waals surface area contributed by atoms with E-state index >= 15 is 0 Å². The van der Waals surface area contributed by atoms with Crippen LogP contribution in [0.1, 0.15) is 19.4 Å². The van der Waals surface area contributed by atoms with Gasteiger partial charge in [0.25, 0.3) is 0 Å². The van der Waals surface area contributed by atoms with E-state index in [1.54, 1.807) is 0 Å². The number of hydrogen-bond acceptors (Lipinski definition) is 6. The summed E-state index contributed by atoms with van der Waals surface area (Å²) >= 11 is 2.72. The average molecular weight is 322 g/mol. The third-order valence-corrected chi connectivity index (χ3v) is 5.20. The molecule has 0 aliphatic carbocycles. The fourth-order valence-electron chi connectivity index (χ4n) is 1.75. The van der Waals surface area contributed by atoms with Crippen molar-refractivity contribution in [3.05, 3.63) is 35.9 Å². The van der Waals surface area contributed by atoms with Crippen molar-refractivity contribution < 1.29 is 4.79 Å². The summed E-state index contributed by atoms with van der Waals surface area (Å²) in [4.78, 5) is 12.4. The highest BCUT2D eigenvalue weighted by Crippen LogP contribution is 2.31. The third-order valence-electron chi connectivity index (χ3n) is 2.82. The Morgan fingerprint density at radius 1 is 1.33 bits per heavy atom. The molecule has 21 heavy (non-hydrogen) atoms. The van der Waals surface area contributed by atoms with Crippen LogP contribution in [0.25, 0.3) is 0 Å². The van der Waals surface area contributed by atoms with E-state index in [9.17, 15) is 4.79 Å². The lowest BCUT2D eigenvalue weighted by Gasteiger charge is -2.18. The minimum atomic E-state index is -0.207. The normalized spacial score (nSPS) is 12.3. The predicted molar refractivity (Wildman–Crippen MR) is 87.1 cm³/mol. The molecule has 1 aromatic heterocycles. The van der Waals surface area contributed by atoms with E-state index in [2.05, 4.69) is 15.5 Å². The zero-order valence-electron chi connectivity index (χ0n) is 11.9. The van der Waals surface area contributed by atoms with Crippen LogP contribution in [0.2, 0.25) is 0 Å². The van der Waals surface area contributed by atoms with Gasteiger partial charge < -0.3 is 11.1 Å². The first kappa shape index (κ1) is 15.8. The summed E-state index contributed by atoms with van der Waals surface area (Å²) in [6.45, 7) is 4.57. The van der Waals surface area contributed by atoms with E-state index in [-0.39, 0.29) is 17.1 Å². The van der Waals surface area contributed by atoms with E-state index in [0.29, 0.717) is 11.7 Å². The quantitative estimate of drug-likeness (QED) is 0.799. The van der Waals surface area contributed by atoms with Gasteiger partial charge in [-0.25, -0.2) is 0 Å². The lowest BCUT2D eigenvalue weighted by molar-refractivity contribution is -0.121. The number of nitrogens with two attached hydrogens (primary N) is 1. The van der Waals surface area contributed by atoms with Crippen LogP contribution in [0.15, 0.2) is 34.7 Å². The van der Waals surface area contributed by atoms with Gasteiger partial charge in [0, 0.05) is 6.54 Å². The van der Waals surface area contributed by atoms with E-state index in [0.717, 1.165) is 9.90 Å². The van der Waals surface area contributed by atoms with Gasteiger partial charge in [0.15, 0.2) is 4.34 Å². The molecule has 1 heterocycles. The maximum atomic E-state index is 12.4. The van der Waals surface area contributed by atoms with Crippen LogP contribution in [0.4, 0.5) is 5.13 Å². The smallest absolute Gasteiger partial charge is 0.234 e. The molecule has 1 amide bonds. The summed E-state index contributed by atoms with van der Waals surface area (Å²) in [6.07, 6.45) is 0. The van der Waals surface area contributed by atoms with Crippen LogP contribution in [-0.2, 0) is 11.3 Å². The van der Waals surface area contributed by atoms with Gasteiger partial charge in [-0.2, -0.15) is 0 Å². The van der Waals surface area contributed by atoms with Gasteiger partial charge in [-0.3, -0.25) is 4.79 Å². The number of nitrogens with zero attached hydrogens (tertiary/aromatic N) is 2. The summed E-state index contributed by atoms with van der Waals surface area (Å²) < 4.78 is 0.723. The zero-order valence-corrected chi connectivity index (χ0v) is 13.6. The van der Waals surface area contributed by atoms with Gasteiger partial charge in [0.2, 0.25) is 11.0 Å². The number of anilines is 1. The molecule has 1 atom stereocenters. The number of nitrogen functional groups attached to an aromatic ring is 1. The molecule has 112 valence electrons. The highest BCUT2D eigenvalue weighted by atomic mass is 32.2. The molecule has 0 bridgehead atoms. The van der Waals surface area contributed by atoms with Crippen LogP contribution in [0.3, 0.4) is 0 Å². The molecular formula is C14H18N4OS2. The van der Waals surface area contributed by atoms with Crippen LogP contribution < -0.4 is 11.1 Å². The number of carbonyl (C=O) groups excluding carboxylic acids is 1. The van der Waals surface area contributed by atoms with Crippen molar-refractivity contribution in [3.63, 3.8) is 0 Å². The number of amides is 1. The highest BCUT2D eigenvalue weighted by Gasteiger charge is 2.24. The second kappa shape index (κ2) is 7.42. The van der Waals surface area contributed by atoms with Gasteiger partial charge in [-0.05, 0) is 11.5 Å². The molecule has 0 spiro atoms. The Morgan fingerprint density at radius 3 is 2.62 bits per heavy atom. The molecule has 0 aliphatic heterocycles. The van der Waals surface area contributed by atoms with Crippen molar-refractivity contribution in [2.24, 2.45) is 5.92 Å². The maximum Gasteiger partial charge on any atom is 0.234 e. The Labute approximate surface area is 132 Å². The summed E-state index contributed by atoms with van der Waals surface area (Å²) in [5.41, 5.74) is 6.65. The number of hydrogen-bond donors (Lipinski definition) is 2. The molecule has 3 N–H and O–H groups in total. The molecule has 2 rings (SSSR count). The topological polar surface area (TPSA) is 80.9 Å². The van der Waals surface area contributed by atoms with Crippen molar-refractivity contribution in [1.82, 2.24) is 15.5 Å². The molecule has 1 aromatic carbocycles.